The van der Waals surface area contributed by atoms with Crippen molar-refractivity contribution in [2.24, 2.45) is 5.84 Å². The van der Waals surface area contributed by atoms with Crippen molar-refractivity contribution in [1.82, 2.24) is 14.5 Å². The summed E-state index contributed by atoms with van der Waals surface area (Å²) in [4.78, 5) is 19.9. The molecular weight excluding hydrogens is 314 g/mol. The minimum absolute atomic E-state index is 0.128. The predicted molar refractivity (Wildman–Crippen MR) is 99.5 cm³/mol. The third-order valence-corrected chi connectivity index (χ3v) is 4.16. The summed E-state index contributed by atoms with van der Waals surface area (Å²) in [5, 5.41) is 0. The molecule has 0 unspecified atom stereocenters. The van der Waals surface area contributed by atoms with Crippen LogP contribution in [0.1, 0.15) is 24.7 Å². The van der Waals surface area contributed by atoms with E-state index in [1.54, 1.807) is 6.92 Å². The number of hydrazine groups is 1. The van der Waals surface area contributed by atoms with Crippen LogP contribution < -0.4 is 17.0 Å². The molecular formula is C19H21N5O. The van der Waals surface area contributed by atoms with E-state index in [4.69, 9.17) is 5.84 Å². The first-order valence-electron chi connectivity index (χ1n) is 8.22. The molecule has 6 nitrogen and oxygen atoms in total. The summed E-state index contributed by atoms with van der Waals surface area (Å²) in [5.41, 5.74) is 6.70. The average molecular weight is 335 g/mol. The second-order valence-corrected chi connectivity index (χ2v) is 5.83. The van der Waals surface area contributed by atoms with Gasteiger partial charge in [0.05, 0.1) is 5.69 Å². The molecule has 2 aliphatic rings. The van der Waals surface area contributed by atoms with Crippen molar-refractivity contribution in [1.29, 1.82) is 0 Å². The summed E-state index contributed by atoms with van der Waals surface area (Å²) in [6.07, 6.45) is 10.7. The Bertz CT molecular complexity index is 917. The highest BCUT2D eigenvalue weighted by Gasteiger charge is 2.10. The van der Waals surface area contributed by atoms with Crippen LogP contribution in [0.2, 0.25) is 0 Å². The number of rotatable bonds is 3. The molecule has 4 rings (SSSR count). The Morgan fingerprint density at radius 1 is 1.16 bits per heavy atom. The van der Waals surface area contributed by atoms with Gasteiger partial charge < -0.3 is 0 Å². The van der Waals surface area contributed by atoms with E-state index in [-0.39, 0.29) is 5.95 Å². The maximum atomic E-state index is 12.0. The molecule has 128 valence electrons. The van der Waals surface area contributed by atoms with Crippen LogP contribution in [-0.4, -0.2) is 14.5 Å². The molecule has 25 heavy (non-hydrogen) atoms. The first-order valence-corrected chi connectivity index (χ1v) is 8.22. The summed E-state index contributed by atoms with van der Waals surface area (Å²) in [7, 11) is 0. The normalized spacial score (nSPS) is 13.9. The van der Waals surface area contributed by atoms with Gasteiger partial charge in [0, 0.05) is 0 Å². The molecule has 0 fully saturated rings. The van der Waals surface area contributed by atoms with Gasteiger partial charge in [0.25, 0.3) is 0 Å². The highest BCUT2D eigenvalue weighted by atomic mass is 16.1. The Morgan fingerprint density at radius 3 is 2.32 bits per heavy atom. The molecule has 1 heterocycles. The lowest BCUT2D eigenvalue weighted by Gasteiger charge is -2.12. The van der Waals surface area contributed by atoms with Crippen LogP contribution in [0.4, 0.5) is 5.95 Å². The van der Waals surface area contributed by atoms with E-state index >= 15 is 0 Å². The van der Waals surface area contributed by atoms with Crippen molar-refractivity contribution in [2.75, 3.05) is 5.43 Å². The minimum Gasteiger partial charge on any atom is -0.292 e. The highest BCUT2D eigenvalue weighted by molar-refractivity contribution is 5.49. The van der Waals surface area contributed by atoms with E-state index < -0.39 is 5.69 Å². The van der Waals surface area contributed by atoms with Gasteiger partial charge in [0.2, 0.25) is 5.95 Å². The van der Waals surface area contributed by atoms with Crippen molar-refractivity contribution in [3.63, 3.8) is 0 Å². The molecule has 0 radical (unpaired) electrons. The minimum atomic E-state index is -0.392. The number of nitrogens with one attached hydrogen (secondary N) is 1. The Morgan fingerprint density at radius 2 is 1.84 bits per heavy atom. The smallest absolute Gasteiger partial charge is 0.292 e. The summed E-state index contributed by atoms with van der Waals surface area (Å²) in [5.74, 6) is 5.88. The van der Waals surface area contributed by atoms with Gasteiger partial charge in [-0.05, 0) is 42.5 Å². The zero-order valence-corrected chi connectivity index (χ0v) is 14.4. The number of benzene rings is 1. The van der Waals surface area contributed by atoms with E-state index in [0.29, 0.717) is 5.82 Å². The fraction of sp³-hybridized carbons (Fsp3) is 0.211. The molecule has 1 aromatic carbocycles. The molecule has 6 heteroatoms. The van der Waals surface area contributed by atoms with Crippen LogP contribution in [0.25, 0.3) is 5.69 Å². The van der Waals surface area contributed by atoms with Crippen LogP contribution in [0, 0.1) is 6.92 Å². The Hall–Kier alpha value is -2.99. The molecule has 0 saturated carbocycles. The number of nitrogens with zero attached hydrogens (tertiary/aromatic N) is 3. The van der Waals surface area contributed by atoms with Gasteiger partial charge in [-0.1, -0.05) is 49.4 Å². The highest BCUT2D eigenvalue weighted by Crippen LogP contribution is 2.27. The number of hydrogen-bond donors (Lipinski definition) is 2. The van der Waals surface area contributed by atoms with Crippen molar-refractivity contribution >= 4 is 5.95 Å². The van der Waals surface area contributed by atoms with E-state index in [2.05, 4.69) is 39.7 Å². The standard InChI is InChI=1S/C12H15N5O.C7H6/c1-3-9-6-4-5-7-10(9)17-8(2)14-11(16-13)15-12(17)18;1-2-7-4-3-6(1)5-7/h4-7H,3,13H2,1-2H3,(H,15,16,18);1-4H,5H2. The summed E-state index contributed by atoms with van der Waals surface area (Å²) >= 11 is 0. The number of aromatic nitrogens is 3. The van der Waals surface area contributed by atoms with Crippen molar-refractivity contribution in [2.45, 2.75) is 26.7 Å². The van der Waals surface area contributed by atoms with Gasteiger partial charge >= 0.3 is 5.69 Å². The molecule has 2 aromatic rings. The molecule has 3 N–H and O–H groups in total. The Labute approximate surface area is 146 Å². The maximum absolute atomic E-state index is 12.0. The fourth-order valence-electron chi connectivity index (χ4n) is 2.89. The van der Waals surface area contributed by atoms with Crippen molar-refractivity contribution in [3.8, 4) is 5.69 Å². The second-order valence-electron chi connectivity index (χ2n) is 5.83. The summed E-state index contributed by atoms with van der Waals surface area (Å²) in [6.45, 7) is 3.78. The Kier molecular flexibility index (Phi) is 4.90. The van der Waals surface area contributed by atoms with Crippen LogP contribution >= 0.6 is 0 Å². The lowest BCUT2D eigenvalue weighted by molar-refractivity contribution is 0.802. The van der Waals surface area contributed by atoms with E-state index in [1.165, 1.54) is 22.1 Å². The van der Waals surface area contributed by atoms with Crippen molar-refractivity contribution < 1.29 is 0 Å². The average Bonchev–Trinajstić information content (AvgIpc) is 3.28. The maximum Gasteiger partial charge on any atom is 0.356 e. The number of para-hydroxylation sites is 1. The second kappa shape index (κ2) is 7.27. The molecule has 0 atom stereocenters. The van der Waals surface area contributed by atoms with Gasteiger partial charge in [-0.3, -0.25) is 5.43 Å². The molecule has 2 aliphatic carbocycles. The van der Waals surface area contributed by atoms with Crippen molar-refractivity contribution in [3.05, 3.63) is 81.6 Å². The lowest BCUT2D eigenvalue weighted by atomic mass is 10.1. The quantitative estimate of drug-likeness (QED) is 0.665. The van der Waals surface area contributed by atoms with Gasteiger partial charge in [-0.15, -0.1) is 0 Å². The topological polar surface area (TPSA) is 85.8 Å². The first-order chi connectivity index (χ1) is 12.1. The van der Waals surface area contributed by atoms with E-state index in [9.17, 15) is 4.79 Å². The van der Waals surface area contributed by atoms with E-state index in [0.717, 1.165) is 17.7 Å². The largest absolute Gasteiger partial charge is 0.356 e. The van der Waals surface area contributed by atoms with Gasteiger partial charge in [0.1, 0.15) is 5.82 Å². The summed E-state index contributed by atoms with van der Waals surface area (Å²) < 4.78 is 1.49. The molecule has 0 aliphatic heterocycles. The van der Waals surface area contributed by atoms with Crippen LogP contribution in [-0.2, 0) is 6.42 Å². The molecule has 1 aromatic heterocycles. The SMILES string of the molecule is C1=CC2=CC=C1C2.CCc1ccccc1-n1c(C)nc(NN)nc1=O. The van der Waals surface area contributed by atoms with Gasteiger partial charge in [-0.2, -0.15) is 9.97 Å². The number of anilines is 1. The molecule has 0 spiro atoms. The zero-order chi connectivity index (χ0) is 17.8. The number of aryl methyl sites for hydroxylation is 2. The molecule has 0 amide bonds. The van der Waals surface area contributed by atoms with Crippen LogP contribution in [0.3, 0.4) is 0 Å². The molecule has 2 bridgehead atoms. The van der Waals surface area contributed by atoms with Gasteiger partial charge in [-0.25, -0.2) is 15.2 Å². The number of nitrogen functional groups attached to an aromatic ring is 1. The van der Waals surface area contributed by atoms with Crippen LogP contribution in [0.5, 0.6) is 0 Å². The Balaban J connectivity index is 0.000000213. The fourth-order valence-corrected chi connectivity index (χ4v) is 2.89. The monoisotopic (exact) mass is 335 g/mol. The number of hydrogen-bond acceptors (Lipinski definition) is 5. The zero-order valence-electron chi connectivity index (χ0n) is 14.4. The summed E-state index contributed by atoms with van der Waals surface area (Å²) in [6, 6.07) is 7.69. The first kappa shape index (κ1) is 16.9. The third kappa shape index (κ3) is 3.59. The predicted octanol–water partition coefficient (Wildman–Crippen LogP) is 2.60. The number of fused-ring (bicyclic) bond motifs is 2. The van der Waals surface area contributed by atoms with E-state index in [1.807, 2.05) is 31.2 Å². The number of nitrogens with two attached hydrogens (primary N) is 1. The lowest BCUT2D eigenvalue weighted by Crippen LogP contribution is -2.28. The number of allylic oxidation sites excluding steroid dienone is 6. The third-order valence-electron chi connectivity index (χ3n) is 4.16. The van der Waals surface area contributed by atoms with Gasteiger partial charge in [0.15, 0.2) is 0 Å². The molecule has 0 saturated heterocycles. The van der Waals surface area contributed by atoms with Crippen LogP contribution in [0.15, 0.2) is 64.5 Å².